The van der Waals surface area contributed by atoms with E-state index >= 15 is 0 Å². The van der Waals surface area contributed by atoms with E-state index in [4.69, 9.17) is 58.1 Å². The minimum absolute atomic E-state index is 0.0137. The van der Waals surface area contributed by atoms with Crippen LogP contribution in [0.5, 0.6) is 34.5 Å². The van der Waals surface area contributed by atoms with Gasteiger partial charge in [-0.2, -0.15) is 10.5 Å². The number of aliphatic imine (C=N–C) groups is 1. The van der Waals surface area contributed by atoms with Crippen LogP contribution in [-0.2, 0) is 20.6 Å². The monoisotopic (exact) mass is 1840 g/mol. The van der Waals surface area contributed by atoms with Crippen molar-refractivity contribution >= 4 is 58.7 Å². The number of allylic oxidation sites excluding steroid dienone is 2. The molecule has 0 spiro atoms. The van der Waals surface area contributed by atoms with Gasteiger partial charge in [0.05, 0.1) is 108 Å². The first-order valence-electron chi connectivity index (χ1n) is 48.3. The Bertz CT molecular complexity index is 5830. The minimum atomic E-state index is -0.693. The number of aromatic nitrogens is 1. The standard InChI is InChI=1S/C116H123N5O16/c1-7-105-80(3)108(119-82(105)5)107(109-81(4)106(8-2)83(6)120-109)90-45-57-98(58-46-90)121-110(122)91-41-43-92(44-42-91)111(123)132-72-30-24-18-12-9-15-21-29-71-131-101-63-55-95(56-64-101)116(128)137-104-76-96(112(124)133-73-31-25-19-13-10-16-22-27-69-129-99-59-51-93(52-60-99)114(126)135-102-65-47-88(48-66-102)86-37-33-84(78-117)34-38-86)75-97(77-104)113(125)134-74-32-26-20-14-11-17-23-28-70-130-100-61-53-94(54-62-100)115(127)136-103-67-49-89(50-68-103)87-39-35-85(79-118)36-40-87/h33-68,75-77,119H,7-32,69-74H2,1-6H3,(H,121,122)/b109-107-. The zero-order valence-electron chi connectivity index (χ0n) is 79.5. The average Bonchev–Trinajstić information content (AvgIpc) is 1.62. The molecule has 10 aromatic carbocycles. The first-order valence-corrected chi connectivity index (χ1v) is 48.3. The SMILES string of the molecule is CCC1=C(C)/C(=C(\c2ccc(NC(=O)c3ccc(C(=O)OCCCCCCCCCCOc4ccc(C(=O)Oc5cc(C(=O)OCCCCCCCCCCOc6ccc(C(=O)Oc7ccc(-c8ccc(C#N)cc8)cc7)cc6)cc(C(=O)OCCCCCCCCCCOc6ccc(C(=O)Oc7ccc(-c8ccc(C#N)cc8)cc7)cc6)c5)cc4)cc3)cc2)c2[nH]c(C)c(CC)c2C)N=C1C. The number of rotatable bonds is 53. The zero-order chi connectivity index (χ0) is 96.5. The maximum atomic E-state index is 13.7. The normalized spacial score (nSPS) is 11.9. The molecule has 21 heteroatoms. The smallest absolute Gasteiger partial charge is 0.343 e. The van der Waals surface area contributed by atoms with Crippen molar-refractivity contribution in [3.63, 3.8) is 0 Å². The number of carbonyl (C=O) groups is 7. The lowest BCUT2D eigenvalue weighted by Crippen LogP contribution is -2.13. The second kappa shape index (κ2) is 53.4. The molecule has 1 aliphatic rings. The summed E-state index contributed by atoms with van der Waals surface area (Å²) in [6.45, 7) is 15.1. The molecule has 1 aliphatic heterocycles. The van der Waals surface area contributed by atoms with Crippen molar-refractivity contribution in [3.05, 3.63) is 332 Å². The first-order chi connectivity index (χ1) is 66.8. The number of ether oxygens (including phenoxy) is 9. The van der Waals surface area contributed by atoms with Crippen LogP contribution in [0.3, 0.4) is 0 Å². The highest BCUT2D eigenvalue weighted by molar-refractivity contribution is 6.07. The summed E-state index contributed by atoms with van der Waals surface area (Å²) in [5.41, 5.74) is 18.8. The first kappa shape index (κ1) is 101. The van der Waals surface area contributed by atoms with Crippen LogP contribution in [0, 0.1) is 36.5 Å². The number of nitrogens with one attached hydrogen (secondary N) is 2. The van der Waals surface area contributed by atoms with E-state index in [1.807, 2.05) is 72.8 Å². The molecule has 12 rings (SSSR count). The van der Waals surface area contributed by atoms with Gasteiger partial charge in [0.1, 0.15) is 34.5 Å². The summed E-state index contributed by atoms with van der Waals surface area (Å²) >= 11 is 0. The van der Waals surface area contributed by atoms with E-state index in [1.165, 1.54) is 40.5 Å². The van der Waals surface area contributed by atoms with Gasteiger partial charge < -0.3 is 52.9 Å². The van der Waals surface area contributed by atoms with Crippen LogP contribution in [0.2, 0.25) is 0 Å². The van der Waals surface area contributed by atoms with Crippen LogP contribution in [0.25, 0.3) is 27.8 Å². The average molecular weight is 1840 g/mol. The molecule has 1 aromatic heterocycles. The summed E-state index contributed by atoms with van der Waals surface area (Å²) in [7, 11) is 0. The molecule has 0 fully saturated rings. The second-order valence-corrected chi connectivity index (χ2v) is 34.4. The number of H-pyrrole nitrogens is 1. The summed E-state index contributed by atoms with van der Waals surface area (Å²) < 4.78 is 52.1. The summed E-state index contributed by atoms with van der Waals surface area (Å²) in [6, 6.07) is 72.3. The third-order valence-electron chi connectivity index (χ3n) is 24.4. The molecule has 0 unspecified atom stereocenters. The highest BCUT2D eigenvalue weighted by Gasteiger charge is 2.27. The van der Waals surface area contributed by atoms with Gasteiger partial charge in [-0.15, -0.1) is 0 Å². The molecule has 11 aromatic rings. The van der Waals surface area contributed by atoms with E-state index < -0.39 is 35.8 Å². The van der Waals surface area contributed by atoms with Crippen molar-refractivity contribution in [2.45, 2.75) is 208 Å². The third-order valence-corrected chi connectivity index (χ3v) is 24.4. The molecule has 0 saturated carbocycles. The fourth-order valence-corrected chi connectivity index (χ4v) is 16.6. The van der Waals surface area contributed by atoms with Crippen LogP contribution in [0.1, 0.15) is 300 Å². The van der Waals surface area contributed by atoms with Crippen molar-refractivity contribution in [1.82, 2.24) is 4.98 Å². The molecule has 708 valence electrons. The van der Waals surface area contributed by atoms with E-state index in [1.54, 1.807) is 146 Å². The number of benzene rings is 10. The Morgan fingerprint density at radius 2 is 0.628 bits per heavy atom. The van der Waals surface area contributed by atoms with Crippen LogP contribution >= 0.6 is 0 Å². The summed E-state index contributed by atoms with van der Waals surface area (Å²) in [5, 5.41) is 21.2. The second-order valence-electron chi connectivity index (χ2n) is 34.4. The summed E-state index contributed by atoms with van der Waals surface area (Å²) in [5.74, 6) is -0.893. The van der Waals surface area contributed by atoms with E-state index in [0.717, 1.165) is 210 Å². The van der Waals surface area contributed by atoms with Crippen LogP contribution in [0.4, 0.5) is 5.69 Å². The third kappa shape index (κ3) is 30.9. The van der Waals surface area contributed by atoms with E-state index in [2.05, 4.69) is 64.0 Å². The van der Waals surface area contributed by atoms with Gasteiger partial charge >= 0.3 is 35.8 Å². The number of esters is 6. The number of nitrogens with zero attached hydrogens (tertiary/aromatic N) is 3. The Hall–Kier alpha value is -14.7. The molecule has 21 nitrogen and oxygen atoms in total. The van der Waals surface area contributed by atoms with Gasteiger partial charge in [0.2, 0.25) is 0 Å². The quantitative estimate of drug-likeness (QED) is 0.0155. The van der Waals surface area contributed by atoms with Crippen LogP contribution in [-0.4, -0.2) is 92.1 Å². The molecule has 0 bridgehead atoms. The molecule has 2 N–H and O–H groups in total. The van der Waals surface area contributed by atoms with Crippen LogP contribution < -0.4 is 33.7 Å². The predicted octanol–water partition coefficient (Wildman–Crippen LogP) is 27.2. The highest BCUT2D eigenvalue weighted by atomic mass is 16.6. The highest BCUT2D eigenvalue weighted by Crippen LogP contribution is 2.40. The van der Waals surface area contributed by atoms with Crippen molar-refractivity contribution in [1.29, 1.82) is 10.5 Å². The Labute approximate surface area is 804 Å². The zero-order valence-corrected chi connectivity index (χ0v) is 79.5. The number of anilines is 1. The van der Waals surface area contributed by atoms with Gasteiger partial charge in [0.25, 0.3) is 5.91 Å². The van der Waals surface area contributed by atoms with E-state index in [9.17, 15) is 33.6 Å². The topological polar surface area (TPSA) is 290 Å². The predicted molar refractivity (Wildman–Crippen MR) is 535 cm³/mol. The number of hydrogen-bond donors (Lipinski definition) is 2. The number of amides is 1. The lowest BCUT2D eigenvalue weighted by atomic mass is 9.93. The van der Waals surface area contributed by atoms with Gasteiger partial charge in [-0.3, -0.25) is 9.79 Å². The number of aryl methyl sites for hydroxylation is 1. The van der Waals surface area contributed by atoms with Gasteiger partial charge in [0, 0.05) is 28.2 Å². The molecule has 1 amide bonds. The Balaban J connectivity index is 0.517. The molecule has 0 radical (unpaired) electrons. The molecule has 0 saturated heterocycles. The van der Waals surface area contributed by atoms with Crippen molar-refractivity contribution in [3.8, 4) is 68.9 Å². The number of hydrogen-bond acceptors (Lipinski definition) is 19. The van der Waals surface area contributed by atoms with Crippen molar-refractivity contribution in [2.24, 2.45) is 4.99 Å². The Morgan fingerprint density at radius 1 is 0.321 bits per heavy atom. The van der Waals surface area contributed by atoms with Crippen molar-refractivity contribution in [2.75, 3.05) is 45.0 Å². The molecular formula is C116H123N5O16. The van der Waals surface area contributed by atoms with E-state index in [0.29, 0.717) is 107 Å². The number of aromatic amines is 1. The number of carbonyl (C=O) groups excluding carboxylic acids is 7. The van der Waals surface area contributed by atoms with Gasteiger partial charge in [-0.1, -0.05) is 190 Å². The van der Waals surface area contributed by atoms with Gasteiger partial charge in [0.15, 0.2) is 0 Å². The fourth-order valence-electron chi connectivity index (χ4n) is 16.6. The number of nitriles is 2. The number of unbranched alkanes of at least 4 members (excludes halogenated alkanes) is 21. The molecule has 137 heavy (non-hydrogen) atoms. The largest absolute Gasteiger partial charge is 0.494 e. The lowest BCUT2D eigenvalue weighted by Gasteiger charge is -2.14. The molecule has 0 atom stereocenters. The Kier molecular flexibility index (Phi) is 39.5. The maximum Gasteiger partial charge on any atom is 0.343 e. The van der Waals surface area contributed by atoms with E-state index in [-0.39, 0.29) is 41.6 Å². The molecule has 2 heterocycles. The Morgan fingerprint density at radius 3 is 0.971 bits per heavy atom. The van der Waals surface area contributed by atoms with Gasteiger partial charge in [-0.25, -0.2) is 28.8 Å². The fraction of sp³-hybridized carbons (Fsp3) is 0.328. The summed E-state index contributed by atoms with van der Waals surface area (Å²) in [4.78, 5) is 102. The van der Waals surface area contributed by atoms with Gasteiger partial charge in [-0.05, 0) is 305 Å². The summed E-state index contributed by atoms with van der Waals surface area (Å²) in [6.07, 6.45) is 24.5. The maximum absolute atomic E-state index is 13.7. The van der Waals surface area contributed by atoms with Crippen LogP contribution in [0.15, 0.2) is 258 Å². The lowest BCUT2D eigenvalue weighted by molar-refractivity contribution is 0.0482. The molecular weight excluding hydrogens is 1720 g/mol. The molecule has 0 aliphatic carbocycles. The minimum Gasteiger partial charge on any atom is -0.494 e. The van der Waals surface area contributed by atoms with Crippen molar-refractivity contribution < 1.29 is 76.2 Å².